The van der Waals surface area contributed by atoms with Crippen molar-refractivity contribution in [3.8, 4) is 0 Å². The Morgan fingerprint density at radius 3 is 1.21 bits per heavy atom. The molecule has 2 saturated carbocycles. The first kappa shape index (κ1) is 40.8. The number of likely N-dealkylation sites (tertiary alicyclic amines) is 2. The molecule has 0 amide bonds. The largest absolute Gasteiger partial charge is 0.381 e. The van der Waals surface area contributed by atoms with Crippen LogP contribution in [0.5, 0.6) is 0 Å². The van der Waals surface area contributed by atoms with Crippen LogP contribution in [-0.4, -0.2) is 84.3 Å². The van der Waals surface area contributed by atoms with Gasteiger partial charge < -0.3 is 19.3 Å². The van der Waals surface area contributed by atoms with Gasteiger partial charge in [0, 0.05) is 49.6 Å². The molecule has 0 N–H and O–H groups in total. The normalized spacial score (nSPS) is 25.3. The Balaban J connectivity index is 0.000000201. The number of hydrogen-bond donors (Lipinski definition) is 0. The van der Waals surface area contributed by atoms with Crippen molar-refractivity contribution < 1.29 is 19.3 Å². The molecule has 52 heavy (non-hydrogen) atoms. The molecule has 2 aliphatic carbocycles. The lowest BCUT2D eigenvalue weighted by Gasteiger charge is -2.40. The highest BCUT2D eigenvalue weighted by Gasteiger charge is 2.32. The molecule has 2 aromatic carbocycles. The van der Waals surface area contributed by atoms with Gasteiger partial charge in [-0.05, 0) is 165 Å². The van der Waals surface area contributed by atoms with Crippen molar-refractivity contribution in [2.45, 2.75) is 128 Å². The number of nitro groups is 2. The second kappa shape index (κ2) is 19.3. The highest BCUT2D eigenvalue weighted by Crippen LogP contribution is 2.35. The molecule has 0 spiro atoms. The van der Waals surface area contributed by atoms with Crippen LogP contribution in [0.2, 0.25) is 10.0 Å². The summed E-state index contributed by atoms with van der Waals surface area (Å²) in [4.78, 5) is 27.4. The minimum atomic E-state index is -0.302. The molecule has 0 radical (unpaired) electrons. The molecule has 0 aromatic heterocycles. The van der Waals surface area contributed by atoms with Crippen molar-refractivity contribution in [3.05, 3.63) is 76.8 Å². The maximum Gasteiger partial charge on any atom is 0.274 e. The van der Waals surface area contributed by atoms with Gasteiger partial charge in [0.2, 0.25) is 0 Å². The Morgan fingerprint density at radius 2 is 0.923 bits per heavy atom. The molecule has 2 aromatic rings. The number of ether oxygens (including phenoxy) is 2. The van der Waals surface area contributed by atoms with E-state index < -0.39 is 0 Å². The number of hydrogen-bond acceptors (Lipinski definition) is 8. The van der Waals surface area contributed by atoms with E-state index in [1.807, 2.05) is 40.2 Å². The average Bonchev–Trinajstić information content (AvgIpc) is 3.15. The third-order valence-electron chi connectivity index (χ3n) is 12.4. The minimum Gasteiger partial charge on any atom is -0.381 e. The predicted octanol–water partition coefficient (Wildman–Crippen LogP) is 9.54. The Morgan fingerprint density at radius 1 is 0.596 bits per heavy atom. The van der Waals surface area contributed by atoms with E-state index in [-0.39, 0.29) is 21.2 Å². The summed E-state index contributed by atoms with van der Waals surface area (Å²) >= 11 is 12.2. The number of methoxy groups -OCH3 is 2. The minimum absolute atomic E-state index is 0.168. The monoisotopic (exact) mass is 760 g/mol. The van der Waals surface area contributed by atoms with E-state index in [2.05, 4.69) is 9.80 Å². The molecule has 10 nitrogen and oxygen atoms in total. The second-order valence-corrected chi connectivity index (χ2v) is 16.5. The van der Waals surface area contributed by atoms with Gasteiger partial charge in [0.25, 0.3) is 11.4 Å². The van der Waals surface area contributed by atoms with E-state index in [1.54, 1.807) is 0 Å². The highest BCUT2D eigenvalue weighted by atomic mass is 35.5. The standard InChI is InChI=1S/2C20H29ClN2O3/c2*1-14-11-16(20(23(24)25)13-19(14)21)12-15-7-9-22(10-8-15)17-3-5-18(26-2)6-4-17/h2*11,13,15,17-18H,3-10,12H2,1-2H3. The molecular formula is C40H58Cl2N4O6. The summed E-state index contributed by atoms with van der Waals surface area (Å²) in [6, 6.07) is 8.20. The molecule has 0 atom stereocenters. The van der Waals surface area contributed by atoms with E-state index >= 15 is 0 Å². The number of rotatable bonds is 10. The van der Waals surface area contributed by atoms with E-state index in [9.17, 15) is 20.2 Å². The Bertz CT molecular complexity index is 1380. The van der Waals surface area contributed by atoms with Gasteiger partial charge in [0.05, 0.1) is 32.1 Å². The summed E-state index contributed by atoms with van der Waals surface area (Å²) in [6.45, 7) is 8.24. The molecular weight excluding hydrogens is 703 g/mol. The maximum atomic E-state index is 11.4. The summed E-state index contributed by atoms with van der Waals surface area (Å²) in [5.41, 5.74) is 3.83. The van der Waals surface area contributed by atoms with E-state index in [4.69, 9.17) is 32.7 Å². The second-order valence-electron chi connectivity index (χ2n) is 15.7. The van der Waals surface area contributed by atoms with Gasteiger partial charge in [-0.3, -0.25) is 20.2 Å². The smallest absolute Gasteiger partial charge is 0.274 e. The first-order valence-electron chi connectivity index (χ1n) is 19.4. The zero-order valence-electron chi connectivity index (χ0n) is 31.5. The maximum absolute atomic E-state index is 11.4. The zero-order valence-corrected chi connectivity index (χ0v) is 33.0. The number of benzene rings is 2. The van der Waals surface area contributed by atoms with Crippen molar-refractivity contribution in [2.24, 2.45) is 11.8 Å². The topological polar surface area (TPSA) is 111 Å². The van der Waals surface area contributed by atoms with Crippen LogP contribution in [0.15, 0.2) is 24.3 Å². The molecule has 0 unspecified atom stereocenters. The fraction of sp³-hybridized carbons (Fsp3) is 0.700. The average molecular weight is 762 g/mol. The fourth-order valence-electron chi connectivity index (χ4n) is 9.09. The van der Waals surface area contributed by atoms with Crippen LogP contribution in [0.1, 0.15) is 99.3 Å². The molecule has 2 saturated heterocycles. The van der Waals surface area contributed by atoms with Gasteiger partial charge in [-0.25, -0.2) is 0 Å². The number of nitro benzene ring substituents is 2. The number of aryl methyl sites for hydroxylation is 2. The predicted molar refractivity (Wildman–Crippen MR) is 208 cm³/mol. The Kier molecular flexibility index (Phi) is 15.2. The third-order valence-corrected chi connectivity index (χ3v) is 13.2. The molecule has 4 aliphatic rings. The van der Waals surface area contributed by atoms with Crippen LogP contribution in [0.4, 0.5) is 11.4 Å². The lowest BCUT2D eigenvalue weighted by molar-refractivity contribution is -0.385. The van der Waals surface area contributed by atoms with Gasteiger partial charge in [-0.15, -0.1) is 0 Å². The van der Waals surface area contributed by atoms with Crippen molar-refractivity contribution >= 4 is 34.6 Å². The first-order chi connectivity index (χ1) is 24.9. The summed E-state index contributed by atoms with van der Waals surface area (Å²) in [6.07, 6.45) is 16.5. The number of nitrogens with zero attached hydrogens (tertiary/aromatic N) is 4. The third kappa shape index (κ3) is 10.9. The summed E-state index contributed by atoms with van der Waals surface area (Å²) < 4.78 is 11.0. The van der Waals surface area contributed by atoms with E-state index in [1.165, 1.54) is 37.8 Å². The van der Waals surface area contributed by atoms with Crippen molar-refractivity contribution in [1.82, 2.24) is 9.80 Å². The quantitative estimate of drug-likeness (QED) is 0.174. The van der Waals surface area contributed by atoms with Crippen LogP contribution in [0, 0.1) is 45.9 Å². The number of piperidine rings is 2. The van der Waals surface area contributed by atoms with E-state index in [0.29, 0.717) is 46.2 Å². The molecule has 4 fully saturated rings. The lowest BCUT2D eigenvalue weighted by atomic mass is 9.86. The van der Waals surface area contributed by atoms with Crippen LogP contribution in [0.3, 0.4) is 0 Å². The summed E-state index contributed by atoms with van der Waals surface area (Å²) in [7, 11) is 3.63. The molecule has 2 aliphatic heterocycles. The SMILES string of the molecule is COC1CCC(N2CCC(Cc3cc(C)c(Cl)cc3[N+](=O)[O-])CC2)CC1.COC1CCC(N2CCC(Cc3cc(C)c(Cl)cc3[N+](=O)[O-])CC2)CC1. The Hall–Kier alpha value is -2.34. The van der Waals surface area contributed by atoms with Crippen molar-refractivity contribution in [3.63, 3.8) is 0 Å². The van der Waals surface area contributed by atoms with Gasteiger partial charge in [-0.2, -0.15) is 0 Å². The highest BCUT2D eigenvalue weighted by molar-refractivity contribution is 6.31. The molecule has 2 heterocycles. The van der Waals surface area contributed by atoms with Crippen LogP contribution in [0.25, 0.3) is 0 Å². The van der Waals surface area contributed by atoms with Gasteiger partial charge >= 0.3 is 0 Å². The molecule has 288 valence electrons. The van der Waals surface area contributed by atoms with Gasteiger partial charge in [0.15, 0.2) is 0 Å². The van der Waals surface area contributed by atoms with E-state index in [0.717, 1.165) is 113 Å². The van der Waals surface area contributed by atoms with Crippen LogP contribution < -0.4 is 0 Å². The fourth-order valence-corrected chi connectivity index (χ4v) is 9.40. The molecule has 12 heteroatoms. The Labute approximate surface area is 319 Å². The number of halogens is 2. The van der Waals surface area contributed by atoms with Crippen molar-refractivity contribution in [2.75, 3.05) is 40.4 Å². The van der Waals surface area contributed by atoms with Gasteiger partial charge in [0.1, 0.15) is 0 Å². The summed E-state index contributed by atoms with van der Waals surface area (Å²) in [5, 5.41) is 23.7. The van der Waals surface area contributed by atoms with Gasteiger partial charge in [-0.1, -0.05) is 23.2 Å². The molecule has 0 bridgehead atoms. The lowest BCUT2D eigenvalue weighted by Crippen LogP contribution is -2.44. The zero-order chi connectivity index (χ0) is 37.4. The van der Waals surface area contributed by atoms with Crippen molar-refractivity contribution in [1.29, 1.82) is 0 Å². The molecule has 6 rings (SSSR count). The van der Waals surface area contributed by atoms with Crippen LogP contribution in [-0.2, 0) is 22.3 Å². The summed E-state index contributed by atoms with van der Waals surface area (Å²) in [5.74, 6) is 1.03. The van der Waals surface area contributed by atoms with Crippen LogP contribution >= 0.6 is 23.2 Å². The first-order valence-corrected chi connectivity index (χ1v) is 20.1.